The molecule has 0 radical (unpaired) electrons. The minimum atomic E-state index is -2.37. The molecule has 0 aromatic carbocycles. The Hall–Kier alpha value is -0.440. The van der Waals surface area contributed by atoms with Gasteiger partial charge in [-0.2, -0.15) is 0 Å². The van der Waals surface area contributed by atoms with Gasteiger partial charge in [-0.1, -0.05) is 0 Å². The van der Waals surface area contributed by atoms with E-state index in [-0.39, 0.29) is 0 Å². The second-order valence-corrected chi connectivity index (χ2v) is 5.58. The number of hydrogen-bond donors (Lipinski definition) is 8. The molecule has 11 nitrogen and oxygen atoms in total. The summed E-state index contributed by atoms with van der Waals surface area (Å²) in [4.78, 5) is 0. The normalized spacial score (nSPS) is 51.1. The first-order valence-electron chi connectivity index (χ1n) is 7.05. The van der Waals surface area contributed by atoms with E-state index >= 15 is 0 Å². The summed E-state index contributed by atoms with van der Waals surface area (Å²) in [5, 5.41) is 76.5. The largest absolute Gasteiger partial charge is 0.394 e. The molecule has 9 atom stereocenters. The van der Waals surface area contributed by atoms with Crippen molar-refractivity contribution in [1.82, 2.24) is 0 Å². The number of ether oxygens (including phenoxy) is 3. The zero-order chi connectivity index (χ0) is 17.4. The van der Waals surface area contributed by atoms with E-state index < -0.39 is 74.6 Å². The van der Waals surface area contributed by atoms with Crippen LogP contribution in [0.2, 0.25) is 0 Å². The SMILES string of the molecule is OCC1O[C@@H](OC2[C@@H](O)[C@@](O)(CO)O[C@@H]2CO)[C@@H](O)C(O)C1O. The second kappa shape index (κ2) is 7.21. The van der Waals surface area contributed by atoms with E-state index in [9.17, 15) is 30.6 Å². The predicted molar refractivity (Wildman–Crippen MR) is 68.6 cm³/mol. The van der Waals surface area contributed by atoms with Gasteiger partial charge in [0.1, 0.15) is 42.7 Å². The first-order valence-corrected chi connectivity index (χ1v) is 7.05. The monoisotopic (exact) mass is 342 g/mol. The van der Waals surface area contributed by atoms with Crippen LogP contribution in [0.1, 0.15) is 0 Å². The third-order valence-electron chi connectivity index (χ3n) is 4.04. The zero-order valence-electron chi connectivity index (χ0n) is 12.0. The quantitative estimate of drug-likeness (QED) is 0.238. The van der Waals surface area contributed by atoms with Crippen molar-refractivity contribution in [3.63, 3.8) is 0 Å². The summed E-state index contributed by atoms with van der Waals surface area (Å²) in [6.45, 7) is -2.32. The molecule has 2 aliphatic rings. The summed E-state index contributed by atoms with van der Waals surface area (Å²) >= 11 is 0. The van der Waals surface area contributed by atoms with Crippen LogP contribution in [0, 0.1) is 0 Å². The summed E-state index contributed by atoms with van der Waals surface area (Å²) in [5.74, 6) is -2.37. The molecule has 0 spiro atoms. The average Bonchev–Trinajstić information content (AvgIpc) is 2.80. The maximum Gasteiger partial charge on any atom is 0.219 e. The minimum Gasteiger partial charge on any atom is -0.394 e. The molecule has 0 aromatic rings. The fourth-order valence-corrected chi connectivity index (χ4v) is 2.63. The molecule has 23 heavy (non-hydrogen) atoms. The van der Waals surface area contributed by atoms with Gasteiger partial charge in [0, 0.05) is 0 Å². The Morgan fingerprint density at radius 3 is 2.00 bits per heavy atom. The third kappa shape index (κ3) is 3.36. The maximum absolute atomic E-state index is 10.00. The molecule has 2 fully saturated rings. The maximum atomic E-state index is 10.00. The summed E-state index contributed by atoms with van der Waals surface area (Å²) in [7, 11) is 0. The molecule has 2 rings (SSSR count). The van der Waals surface area contributed by atoms with Crippen LogP contribution in [0.25, 0.3) is 0 Å². The number of aliphatic hydroxyl groups excluding tert-OH is 7. The van der Waals surface area contributed by atoms with Gasteiger partial charge < -0.3 is 55.1 Å². The molecule has 0 saturated carbocycles. The van der Waals surface area contributed by atoms with Gasteiger partial charge in [0.05, 0.1) is 19.8 Å². The van der Waals surface area contributed by atoms with Crippen LogP contribution < -0.4 is 0 Å². The highest BCUT2D eigenvalue weighted by molar-refractivity contribution is 4.98. The molecule has 2 saturated heterocycles. The summed E-state index contributed by atoms with van der Waals surface area (Å²) in [6.07, 6.45) is -12.2. The molecule has 8 N–H and O–H groups in total. The van der Waals surface area contributed by atoms with Crippen molar-refractivity contribution in [2.75, 3.05) is 19.8 Å². The van der Waals surface area contributed by atoms with Crippen molar-refractivity contribution in [1.29, 1.82) is 0 Å². The van der Waals surface area contributed by atoms with E-state index in [4.69, 9.17) is 24.4 Å². The van der Waals surface area contributed by atoms with Crippen LogP contribution in [0.5, 0.6) is 0 Å². The van der Waals surface area contributed by atoms with Gasteiger partial charge in [0.25, 0.3) is 0 Å². The van der Waals surface area contributed by atoms with Crippen LogP contribution in [0.3, 0.4) is 0 Å². The van der Waals surface area contributed by atoms with Crippen molar-refractivity contribution in [3.8, 4) is 0 Å². The number of hydrogen-bond acceptors (Lipinski definition) is 11. The fourth-order valence-electron chi connectivity index (χ4n) is 2.63. The fraction of sp³-hybridized carbons (Fsp3) is 1.00. The molecular weight excluding hydrogens is 320 g/mol. The van der Waals surface area contributed by atoms with Crippen LogP contribution >= 0.6 is 0 Å². The van der Waals surface area contributed by atoms with Crippen LogP contribution in [-0.4, -0.2) is 115 Å². The molecule has 0 aliphatic carbocycles. The van der Waals surface area contributed by atoms with Crippen molar-refractivity contribution >= 4 is 0 Å². The lowest BCUT2D eigenvalue weighted by atomic mass is 9.99. The second-order valence-electron chi connectivity index (χ2n) is 5.58. The van der Waals surface area contributed by atoms with E-state index in [2.05, 4.69) is 0 Å². The lowest BCUT2D eigenvalue weighted by Gasteiger charge is -2.41. The number of aliphatic hydroxyl groups is 8. The highest BCUT2D eigenvalue weighted by Gasteiger charge is 2.56. The van der Waals surface area contributed by atoms with Gasteiger partial charge in [-0.15, -0.1) is 0 Å². The third-order valence-corrected chi connectivity index (χ3v) is 4.04. The molecule has 4 unspecified atom stereocenters. The Bertz CT molecular complexity index is 393. The van der Waals surface area contributed by atoms with E-state index in [0.717, 1.165) is 0 Å². The van der Waals surface area contributed by atoms with Crippen LogP contribution in [-0.2, 0) is 14.2 Å². The Kier molecular flexibility index (Phi) is 5.92. The van der Waals surface area contributed by atoms with Crippen LogP contribution in [0.4, 0.5) is 0 Å². The highest BCUT2D eigenvalue weighted by Crippen LogP contribution is 2.33. The van der Waals surface area contributed by atoms with Crippen molar-refractivity contribution in [2.24, 2.45) is 0 Å². The van der Waals surface area contributed by atoms with Crippen LogP contribution in [0.15, 0.2) is 0 Å². The standard InChI is InChI=1S/C12H22O11/c13-1-4-6(16)7(17)8(18)11(21-4)22-9-5(2-14)23-12(20,3-15)10(9)19/h4-11,13-20H,1-3H2/t4?,5-,6?,7?,8+,9?,10-,11+,12-/m1/s1. The van der Waals surface area contributed by atoms with Crippen molar-refractivity contribution < 1.29 is 55.1 Å². The minimum absolute atomic E-state index is 0.668. The van der Waals surface area contributed by atoms with E-state index in [1.807, 2.05) is 0 Å². The summed E-state index contributed by atoms with van der Waals surface area (Å²) in [6, 6.07) is 0. The lowest BCUT2D eigenvalue weighted by Crippen LogP contribution is -2.60. The smallest absolute Gasteiger partial charge is 0.219 e. The van der Waals surface area contributed by atoms with Gasteiger partial charge in [-0.3, -0.25) is 0 Å². The zero-order valence-corrected chi connectivity index (χ0v) is 12.0. The van der Waals surface area contributed by atoms with Crippen molar-refractivity contribution in [2.45, 2.75) is 54.8 Å². The van der Waals surface area contributed by atoms with Gasteiger partial charge >= 0.3 is 0 Å². The van der Waals surface area contributed by atoms with E-state index in [0.29, 0.717) is 0 Å². The van der Waals surface area contributed by atoms with Gasteiger partial charge in [0.2, 0.25) is 5.79 Å². The van der Waals surface area contributed by atoms with Gasteiger partial charge in [-0.25, -0.2) is 0 Å². The van der Waals surface area contributed by atoms with E-state index in [1.165, 1.54) is 0 Å². The average molecular weight is 342 g/mol. The van der Waals surface area contributed by atoms with Gasteiger partial charge in [0.15, 0.2) is 6.29 Å². The summed E-state index contributed by atoms with van der Waals surface area (Å²) in [5.41, 5.74) is 0. The Balaban J connectivity index is 2.13. The first kappa shape index (κ1) is 18.9. The highest BCUT2D eigenvalue weighted by atomic mass is 16.7. The van der Waals surface area contributed by atoms with E-state index in [1.54, 1.807) is 0 Å². The molecule has 0 bridgehead atoms. The lowest BCUT2D eigenvalue weighted by molar-refractivity contribution is -0.318. The molecule has 11 heteroatoms. The summed E-state index contributed by atoms with van der Waals surface area (Å²) < 4.78 is 15.3. The number of rotatable bonds is 5. The Labute approximate surface area is 130 Å². The topological polar surface area (TPSA) is 190 Å². The molecule has 0 aromatic heterocycles. The predicted octanol–water partition coefficient (Wildman–Crippen LogP) is -5.40. The molecule has 2 aliphatic heterocycles. The molecule has 0 amide bonds. The Morgan fingerprint density at radius 1 is 0.870 bits per heavy atom. The first-order chi connectivity index (χ1) is 10.8. The molecular formula is C12H22O11. The molecule has 136 valence electrons. The van der Waals surface area contributed by atoms with Gasteiger partial charge in [-0.05, 0) is 0 Å². The molecule has 2 heterocycles. The van der Waals surface area contributed by atoms with Crippen molar-refractivity contribution in [3.05, 3.63) is 0 Å². The Morgan fingerprint density at radius 2 is 1.48 bits per heavy atom.